The third-order valence-corrected chi connectivity index (χ3v) is 3.87. The summed E-state index contributed by atoms with van der Waals surface area (Å²) >= 11 is 0. The van der Waals surface area contributed by atoms with Gasteiger partial charge in [0, 0.05) is 49.9 Å². The lowest BCUT2D eigenvalue weighted by Crippen LogP contribution is -2.48. The predicted octanol–water partition coefficient (Wildman–Crippen LogP) is 1.65. The number of hydrogen-bond acceptors (Lipinski definition) is 3. The molecule has 0 bridgehead atoms. The summed E-state index contributed by atoms with van der Waals surface area (Å²) in [7, 11) is 0. The molecule has 1 heterocycles. The molecule has 2 aliphatic rings. The van der Waals surface area contributed by atoms with Crippen molar-refractivity contribution in [2.24, 2.45) is 0 Å². The third-order valence-electron chi connectivity index (χ3n) is 3.87. The SMILES string of the molecule is CC1=C(N2CCN(C(C)C)CC2)CCC1=O. The van der Waals surface area contributed by atoms with E-state index in [0.717, 1.165) is 44.6 Å². The molecule has 1 saturated heterocycles. The van der Waals surface area contributed by atoms with E-state index in [4.69, 9.17) is 0 Å². The van der Waals surface area contributed by atoms with Crippen molar-refractivity contribution in [3.8, 4) is 0 Å². The monoisotopic (exact) mass is 222 g/mol. The molecule has 0 aromatic heterocycles. The lowest BCUT2D eigenvalue weighted by Gasteiger charge is -2.39. The predicted molar refractivity (Wildman–Crippen MR) is 65.2 cm³/mol. The Hall–Kier alpha value is -0.830. The van der Waals surface area contributed by atoms with E-state index in [1.54, 1.807) is 0 Å². The molecule has 1 fully saturated rings. The molecule has 0 spiro atoms. The molecule has 90 valence electrons. The van der Waals surface area contributed by atoms with Gasteiger partial charge in [0.15, 0.2) is 5.78 Å². The minimum atomic E-state index is 0.348. The molecule has 16 heavy (non-hydrogen) atoms. The van der Waals surface area contributed by atoms with Crippen LogP contribution >= 0.6 is 0 Å². The van der Waals surface area contributed by atoms with Crippen LogP contribution in [-0.4, -0.2) is 47.8 Å². The maximum Gasteiger partial charge on any atom is 0.160 e. The summed E-state index contributed by atoms with van der Waals surface area (Å²) in [4.78, 5) is 16.4. The van der Waals surface area contributed by atoms with E-state index >= 15 is 0 Å². The molecule has 3 heteroatoms. The van der Waals surface area contributed by atoms with Crippen LogP contribution < -0.4 is 0 Å². The van der Waals surface area contributed by atoms with E-state index in [0.29, 0.717) is 11.8 Å². The number of nitrogens with zero attached hydrogens (tertiary/aromatic N) is 2. The Morgan fingerprint density at radius 1 is 1.06 bits per heavy atom. The summed E-state index contributed by atoms with van der Waals surface area (Å²) < 4.78 is 0. The largest absolute Gasteiger partial charge is 0.372 e. The van der Waals surface area contributed by atoms with Crippen LogP contribution in [0.3, 0.4) is 0 Å². The van der Waals surface area contributed by atoms with E-state index < -0.39 is 0 Å². The van der Waals surface area contributed by atoms with Gasteiger partial charge in [-0.05, 0) is 27.2 Å². The fraction of sp³-hybridized carbons (Fsp3) is 0.769. The number of hydrogen-bond donors (Lipinski definition) is 0. The van der Waals surface area contributed by atoms with Crippen molar-refractivity contribution < 1.29 is 4.79 Å². The van der Waals surface area contributed by atoms with E-state index in [1.165, 1.54) is 5.70 Å². The standard InChI is InChI=1S/C13H22N2O/c1-10(2)14-6-8-15(9-7-14)12-4-5-13(16)11(12)3/h10H,4-9H2,1-3H3. The van der Waals surface area contributed by atoms with E-state index in [9.17, 15) is 4.79 Å². The molecular formula is C13H22N2O. The maximum atomic E-state index is 11.5. The van der Waals surface area contributed by atoms with Gasteiger partial charge in [-0.25, -0.2) is 0 Å². The molecule has 3 nitrogen and oxygen atoms in total. The highest BCUT2D eigenvalue weighted by Gasteiger charge is 2.26. The number of Topliss-reactive ketones (excluding diaryl/α,β-unsaturated/α-hetero) is 1. The van der Waals surface area contributed by atoms with Gasteiger partial charge in [-0.2, -0.15) is 0 Å². The zero-order valence-corrected chi connectivity index (χ0v) is 10.6. The smallest absolute Gasteiger partial charge is 0.160 e. The summed E-state index contributed by atoms with van der Waals surface area (Å²) in [5.41, 5.74) is 2.33. The van der Waals surface area contributed by atoms with Crippen LogP contribution in [0.15, 0.2) is 11.3 Å². The number of rotatable bonds is 2. The third kappa shape index (κ3) is 2.14. The zero-order valence-electron chi connectivity index (χ0n) is 10.6. The van der Waals surface area contributed by atoms with Gasteiger partial charge in [0.25, 0.3) is 0 Å². The molecule has 0 saturated carbocycles. The summed E-state index contributed by atoms with van der Waals surface area (Å²) in [6, 6.07) is 0.641. The summed E-state index contributed by atoms with van der Waals surface area (Å²) in [6.45, 7) is 10.9. The second kappa shape index (κ2) is 4.58. The van der Waals surface area contributed by atoms with Gasteiger partial charge in [-0.15, -0.1) is 0 Å². The van der Waals surface area contributed by atoms with Crippen LogP contribution in [0, 0.1) is 0 Å². The van der Waals surface area contributed by atoms with Gasteiger partial charge >= 0.3 is 0 Å². The quantitative estimate of drug-likeness (QED) is 0.710. The Morgan fingerprint density at radius 2 is 1.69 bits per heavy atom. The minimum absolute atomic E-state index is 0.348. The molecule has 2 rings (SSSR count). The lowest BCUT2D eigenvalue weighted by atomic mass is 10.2. The van der Waals surface area contributed by atoms with E-state index in [2.05, 4.69) is 23.6 Å². The maximum absolute atomic E-state index is 11.5. The number of piperazine rings is 1. The molecule has 0 radical (unpaired) electrons. The molecular weight excluding hydrogens is 200 g/mol. The molecule has 0 aromatic carbocycles. The Balaban J connectivity index is 1.97. The minimum Gasteiger partial charge on any atom is -0.372 e. The van der Waals surface area contributed by atoms with E-state index in [-0.39, 0.29) is 0 Å². The van der Waals surface area contributed by atoms with Gasteiger partial charge in [0.2, 0.25) is 0 Å². The average molecular weight is 222 g/mol. The fourth-order valence-electron chi connectivity index (χ4n) is 2.67. The van der Waals surface area contributed by atoms with Crippen molar-refractivity contribution in [1.82, 2.24) is 9.80 Å². The second-order valence-electron chi connectivity index (χ2n) is 5.11. The molecule has 0 N–H and O–H groups in total. The number of allylic oxidation sites excluding steroid dienone is 2. The van der Waals surface area contributed by atoms with Crippen LogP contribution in [-0.2, 0) is 4.79 Å². The van der Waals surface area contributed by atoms with Crippen molar-refractivity contribution >= 4 is 5.78 Å². The highest BCUT2D eigenvalue weighted by molar-refractivity contribution is 5.97. The first kappa shape index (κ1) is 11.6. The molecule has 0 aromatic rings. The summed E-state index contributed by atoms with van der Waals surface area (Å²) in [6.07, 6.45) is 1.69. The second-order valence-corrected chi connectivity index (χ2v) is 5.11. The molecule has 1 aliphatic carbocycles. The van der Waals surface area contributed by atoms with E-state index in [1.807, 2.05) is 6.92 Å². The van der Waals surface area contributed by atoms with Gasteiger partial charge in [0.1, 0.15) is 0 Å². The first-order valence-corrected chi connectivity index (χ1v) is 6.31. The van der Waals surface area contributed by atoms with Crippen LogP contribution in [0.1, 0.15) is 33.6 Å². The normalized spacial score (nSPS) is 23.8. The number of carbonyl (C=O) groups is 1. The van der Waals surface area contributed by atoms with Gasteiger partial charge < -0.3 is 4.90 Å². The van der Waals surface area contributed by atoms with Crippen LogP contribution in [0.5, 0.6) is 0 Å². The zero-order chi connectivity index (χ0) is 11.7. The van der Waals surface area contributed by atoms with Gasteiger partial charge in [-0.1, -0.05) is 0 Å². The number of carbonyl (C=O) groups excluding carboxylic acids is 1. The molecule has 1 aliphatic heterocycles. The summed E-state index contributed by atoms with van der Waals surface area (Å²) in [5.74, 6) is 0.348. The molecule has 0 atom stereocenters. The summed E-state index contributed by atoms with van der Waals surface area (Å²) in [5, 5.41) is 0. The highest BCUT2D eigenvalue weighted by Crippen LogP contribution is 2.26. The fourth-order valence-corrected chi connectivity index (χ4v) is 2.67. The Bertz CT molecular complexity index is 312. The number of ketones is 1. The first-order valence-electron chi connectivity index (χ1n) is 6.31. The average Bonchev–Trinajstić information content (AvgIpc) is 2.60. The lowest BCUT2D eigenvalue weighted by molar-refractivity contribution is -0.114. The van der Waals surface area contributed by atoms with Gasteiger partial charge in [0.05, 0.1) is 0 Å². The highest BCUT2D eigenvalue weighted by atomic mass is 16.1. The van der Waals surface area contributed by atoms with Crippen molar-refractivity contribution in [2.45, 2.75) is 39.7 Å². The van der Waals surface area contributed by atoms with Crippen LogP contribution in [0.4, 0.5) is 0 Å². The van der Waals surface area contributed by atoms with Crippen molar-refractivity contribution in [1.29, 1.82) is 0 Å². The van der Waals surface area contributed by atoms with Crippen molar-refractivity contribution in [2.75, 3.05) is 26.2 Å². The van der Waals surface area contributed by atoms with Crippen molar-refractivity contribution in [3.05, 3.63) is 11.3 Å². The first-order chi connectivity index (χ1) is 7.59. The van der Waals surface area contributed by atoms with Crippen LogP contribution in [0.25, 0.3) is 0 Å². The van der Waals surface area contributed by atoms with Crippen molar-refractivity contribution in [3.63, 3.8) is 0 Å². The Morgan fingerprint density at radius 3 is 2.12 bits per heavy atom. The molecule has 0 unspecified atom stereocenters. The molecule has 0 amide bonds. The topological polar surface area (TPSA) is 23.6 Å². The Kier molecular flexibility index (Phi) is 3.33. The Labute approximate surface area is 98.1 Å². The van der Waals surface area contributed by atoms with Gasteiger partial charge in [-0.3, -0.25) is 9.69 Å². The van der Waals surface area contributed by atoms with Crippen LogP contribution in [0.2, 0.25) is 0 Å².